The number of piperidine rings is 1. The van der Waals surface area contributed by atoms with Gasteiger partial charge in [-0.1, -0.05) is 0 Å². The standard InChI is InChI=1S/C19H24N4O3/c1-13-10-16(25-2)17(26-3)11-15(13)22-19(24)14-4-8-23(9-5-14)18-12-20-6-7-21-18/h6-7,10-12,14H,4-5,8-9H2,1-3H3,(H,22,24). The van der Waals surface area contributed by atoms with Crippen molar-refractivity contribution >= 4 is 17.4 Å². The van der Waals surface area contributed by atoms with Gasteiger partial charge in [0.05, 0.1) is 20.4 Å². The Hall–Kier alpha value is -2.83. The number of nitrogens with zero attached hydrogens (tertiary/aromatic N) is 3. The normalized spacial score (nSPS) is 14.8. The highest BCUT2D eigenvalue weighted by Crippen LogP contribution is 2.33. The number of nitrogens with one attached hydrogen (secondary N) is 1. The minimum Gasteiger partial charge on any atom is -0.493 e. The predicted octanol–water partition coefficient (Wildman–Crippen LogP) is 2.66. The summed E-state index contributed by atoms with van der Waals surface area (Å²) < 4.78 is 10.6. The molecule has 1 aromatic heterocycles. The van der Waals surface area contributed by atoms with E-state index in [0.29, 0.717) is 11.5 Å². The van der Waals surface area contributed by atoms with Gasteiger partial charge in [0.15, 0.2) is 11.5 Å². The Balaban J connectivity index is 1.63. The fourth-order valence-electron chi connectivity index (χ4n) is 3.18. The topological polar surface area (TPSA) is 76.6 Å². The van der Waals surface area contributed by atoms with Crippen LogP contribution in [0.2, 0.25) is 0 Å². The van der Waals surface area contributed by atoms with Crippen LogP contribution in [0.1, 0.15) is 18.4 Å². The quantitative estimate of drug-likeness (QED) is 0.888. The van der Waals surface area contributed by atoms with E-state index in [0.717, 1.165) is 43.0 Å². The third-order valence-corrected chi connectivity index (χ3v) is 4.73. The molecule has 1 aliphatic heterocycles. The number of ether oxygens (including phenoxy) is 2. The van der Waals surface area contributed by atoms with E-state index in [1.165, 1.54) is 0 Å². The van der Waals surface area contributed by atoms with Crippen LogP contribution in [0, 0.1) is 12.8 Å². The van der Waals surface area contributed by atoms with Crippen molar-refractivity contribution in [2.75, 3.05) is 37.5 Å². The summed E-state index contributed by atoms with van der Waals surface area (Å²) in [6.45, 7) is 3.53. The molecule has 1 saturated heterocycles. The van der Waals surface area contributed by atoms with E-state index in [1.54, 1.807) is 38.9 Å². The number of aromatic nitrogens is 2. The van der Waals surface area contributed by atoms with Gasteiger partial charge in [-0.05, 0) is 31.4 Å². The number of hydrogen-bond donors (Lipinski definition) is 1. The maximum atomic E-state index is 12.7. The minimum absolute atomic E-state index is 0.0181. The smallest absolute Gasteiger partial charge is 0.227 e. The third kappa shape index (κ3) is 3.87. The van der Waals surface area contributed by atoms with E-state index in [4.69, 9.17) is 9.47 Å². The molecule has 0 unspecified atom stereocenters. The van der Waals surface area contributed by atoms with Crippen LogP contribution in [-0.2, 0) is 4.79 Å². The Labute approximate surface area is 153 Å². The first-order valence-corrected chi connectivity index (χ1v) is 8.67. The van der Waals surface area contributed by atoms with Crippen LogP contribution < -0.4 is 19.7 Å². The van der Waals surface area contributed by atoms with Crippen LogP contribution in [0.3, 0.4) is 0 Å². The van der Waals surface area contributed by atoms with Crippen molar-refractivity contribution < 1.29 is 14.3 Å². The summed E-state index contributed by atoms with van der Waals surface area (Å²) in [6.07, 6.45) is 6.68. The molecule has 0 bridgehead atoms. The summed E-state index contributed by atoms with van der Waals surface area (Å²) in [5, 5.41) is 3.04. The molecular formula is C19H24N4O3. The Morgan fingerprint density at radius 3 is 2.46 bits per heavy atom. The molecule has 1 aliphatic rings. The van der Waals surface area contributed by atoms with E-state index in [2.05, 4.69) is 20.2 Å². The molecule has 2 heterocycles. The van der Waals surface area contributed by atoms with Crippen LogP contribution in [0.15, 0.2) is 30.7 Å². The molecule has 138 valence electrons. The highest BCUT2D eigenvalue weighted by atomic mass is 16.5. The summed E-state index contributed by atoms with van der Waals surface area (Å²) in [5.41, 5.74) is 1.69. The molecule has 0 saturated carbocycles. The lowest BCUT2D eigenvalue weighted by molar-refractivity contribution is -0.120. The largest absolute Gasteiger partial charge is 0.493 e. The number of aryl methyl sites for hydroxylation is 1. The molecule has 26 heavy (non-hydrogen) atoms. The van der Waals surface area contributed by atoms with E-state index < -0.39 is 0 Å². The second kappa shape index (κ2) is 8.03. The Morgan fingerprint density at radius 1 is 1.15 bits per heavy atom. The van der Waals surface area contributed by atoms with Gasteiger partial charge in [-0.25, -0.2) is 4.98 Å². The molecule has 1 N–H and O–H groups in total. The summed E-state index contributed by atoms with van der Waals surface area (Å²) >= 11 is 0. The lowest BCUT2D eigenvalue weighted by atomic mass is 9.95. The lowest BCUT2D eigenvalue weighted by Crippen LogP contribution is -2.38. The summed E-state index contributed by atoms with van der Waals surface area (Å²) in [7, 11) is 3.18. The van der Waals surface area contributed by atoms with Crippen molar-refractivity contribution in [3.05, 3.63) is 36.3 Å². The zero-order chi connectivity index (χ0) is 18.5. The number of carbonyl (C=O) groups is 1. The Morgan fingerprint density at radius 2 is 1.85 bits per heavy atom. The summed E-state index contributed by atoms with van der Waals surface area (Å²) in [6, 6.07) is 3.67. The van der Waals surface area contributed by atoms with Crippen molar-refractivity contribution in [2.45, 2.75) is 19.8 Å². The second-order valence-electron chi connectivity index (χ2n) is 6.34. The van der Waals surface area contributed by atoms with Gasteiger partial charge in [-0.2, -0.15) is 0 Å². The SMILES string of the molecule is COc1cc(C)c(NC(=O)C2CCN(c3cnccn3)CC2)cc1OC. The van der Waals surface area contributed by atoms with Gasteiger partial charge in [-0.3, -0.25) is 9.78 Å². The number of carbonyl (C=O) groups excluding carboxylic acids is 1. The third-order valence-electron chi connectivity index (χ3n) is 4.73. The first-order valence-electron chi connectivity index (χ1n) is 8.67. The molecular weight excluding hydrogens is 332 g/mol. The van der Waals surface area contributed by atoms with Crippen LogP contribution in [0.25, 0.3) is 0 Å². The zero-order valence-corrected chi connectivity index (χ0v) is 15.4. The van der Waals surface area contributed by atoms with Crippen molar-refractivity contribution in [2.24, 2.45) is 5.92 Å². The number of hydrogen-bond acceptors (Lipinski definition) is 6. The molecule has 0 spiro atoms. The monoisotopic (exact) mass is 356 g/mol. The Bertz CT molecular complexity index is 759. The molecule has 3 rings (SSSR count). The first-order chi connectivity index (χ1) is 12.6. The second-order valence-corrected chi connectivity index (χ2v) is 6.34. The van der Waals surface area contributed by atoms with E-state index in [1.807, 2.05) is 13.0 Å². The molecule has 1 aromatic carbocycles. The molecule has 0 aliphatic carbocycles. The molecule has 1 fully saturated rings. The molecule has 7 heteroatoms. The highest BCUT2D eigenvalue weighted by molar-refractivity contribution is 5.93. The summed E-state index contributed by atoms with van der Waals surface area (Å²) in [4.78, 5) is 23.3. The van der Waals surface area contributed by atoms with Crippen LogP contribution in [-0.4, -0.2) is 43.2 Å². The molecule has 1 amide bonds. The number of rotatable bonds is 5. The number of amides is 1. The maximum Gasteiger partial charge on any atom is 0.227 e. The number of methoxy groups -OCH3 is 2. The molecule has 0 atom stereocenters. The van der Waals surface area contributed by atoms with Crippen LogP contribution in [0.5, 0.6) is 11.5 Å². The molecule has 7 nitrogen and oxygen atoms in total. The van der Waals surface area contributed by atoms with E-state index >= 15 is 0 Å². The van der Waals surface area contributed by atoms with Crippen molar-refractivity contribution in [3.8, 4) is 11.5 Å². The maximum absolute atomic E-state index is 12.7. The van der Waals surface area contributed by atoms with Gasteiger partial charge >= 0.3 is 0 Å². The van der Waals surface area contributed by atoms with Crippen LogP contribution in [0.4, 0.5) is 11.5 Å². The fraction of sp³-hybridized carbons (Fsp3) is 0.421. The average molecular weight is 356 g/mol. The van der Waals surface area contributed by atoms with Crippen molar-refractivity contribution in [1.29, 1.82) is 0 Å². The minimum atomic E-state index is -0.0181. The van der Waals surface area contributed by atoms with Gasteiger partial charge in [0, 0.05) is 43.2 Å². The first kappa shape index (κ1) is 18.0. The zero-order valence-electron chi connectivity index (χ0n) is 15.4. The fourth-order valence-corrected chi connectivity index (χ4v) is 3.18. The highest BCUT2D eigenvalue weighted by Gasteiger charge is 2.26. The number of benzene rings is 1. The van der Waals surface area contributed by atoms with Gasteiger partial charge in [0.25, 0.3) is 0 Å². The van der Waals surface area contributed by atoms with Gasteiger partial charge in [0.2, 0.25) is 5.91 Å². The van der Waals surface area contributed by atoms with E-state index in [9.17, 15) is 4.79 Å². The van der Waals surface area contributed by atoms with Crippen molar-refractivity contribution in [3.63, 3.8) is 0 Å². The summed E-state index contributed by atoms with van der Waals surface area (Å²) in [5.74, 6) is 2.14. The molecule has 2 aromatic rings. The van der Waals surface area contributed by atoms with Crippen molar-refractivity contribution in [1.82, 2.24) is 9.97 Å². The van der Waals surface area contributed by atoms with Gasteiger partial charge < -0.3 is 19.7 Å². The van der Waals surface area contributed by atoms with E-state index in [-0.39, 0.29) is 11.8 Å². The predicted molar refractivity (Wildman–Crippen MR) is 99.9 cm³/mol. The van der Waals surface area contributed by atoms with Gasteiger partial charge in [0.1, 0.15) is 5.82 Å². The molecule has 0 radical (unpaired) electrons. The average Bonchev–Trinajstić information content (AvgIpc) is 2.69. The lowest BCUT2D eigenvalue weighted by Gasteiger charge is -2.32. The van der Waals surface area contributed by atoms with Crippen LogP contribution >= 0.6 is 0 Å². The Kier molecular flexibility index (Phi) is 5.55. The van der Waals surface area contributed by atoms with Gasteiger partial charge in [-0.15, -0.1) is 0 Å². The number of anilines is 2.